The minimum absolute atomic E-state index is 0.0138. The summed E-state index contributed by atoms with van der Waals surface area (Å²) in [5.74, 6) is -0.0636. The summed E-state index contributed by atoms with van der Waals surface area (Å²) in [6.45, 7) is 1.35. The predicted molar refractivity (Wildman–Crippen MR) is 100 cm³/mol. The molecule has 25 heavy (non-hydrogen) atoms. The Labute approximate surface area is 161 Å². The monoisotopic (exact) mass is 471 g/mol. The first-order valence-electron chi connectivity index (χ1n) is 7.12. The van der Waals surface area contributed by atoms with Crippen molar-refractivity contribution in [2.75, 3.05) is 0 Å². The fourth-order valence-corrected chi connectivity index (χ4v) is 3.15. The molecule has 128 valence electrons. The van der Waals surface area contributed by atoms with E-state index in [1.165, 1.54) is 19.1 Å². The van der Waals surface area contributed by atoms with E-state index in [-0.39, 0.29) is 22.5 Å². The standard InChI is InChI=1S/C16H11ClIN3O4/c1-9(22)20-16(10-6-7-12(17)14(8-10)21(23)24)25-15(19-20)11-4-2-3-5-13(11)18/h2-8,16H,1H3/t16-/m0/s1. The maximum absolute atomic E-state index is 12.0. The summed E-state index contributed by atoms with van der Waals surface area (Å²) in [7, 11) is 0. The zero-order valence-electron chi connectivity index (χ0n) is 12.8. The smallest absolute Gasteiger partial charge is 0.288 e. The van der Waals surface area contributed by atoms with Crippen molar-refractivity contribution in [3.05, 3.63) is 72.3 Å². The van der Waals surface area contributed by atoms with Crippen LogP contribution in [-0.4, -0.2) is 21.7 Å². The predicted octanol–water partition coefficient (Wildman–Crippen LogP) is 4.09. The number of amides is 1. The maximum atomic E-state index is 12.0. The second-order valence-corrected chi connectivity index (χ2v) is 6.76. The quantitative estimate of drug-likeness (QED) is 0.383. The molecule has 1 aliphatic heterocycles. The molecule has 0 radical (unpaired) electrons. The number of nitro groups is 1. The van der Waals surface area contributed by atoms with Crippen LogP contribution in [0.3, 0.4) is 0 Å². The maximum Gasteiger partial charge on any atom is 0.288 e. The van der Waals surface area contributed by atoms with Crippen molar-refractivity contribution >= 4 is 51.7 Å². The second kappa shape index (κ2) is 6.96. The first kappa shape index (κ1) is 17.6. The number of halogens is 2. The van der Waals surface area contributed by atoms with E-state index in [9.17, 15) is 14.9 Å². The van der Waals surface area contributed by atoms with Gasteiger partial charge in [0, 0.05) is 22.1 Å². The van der Waals surface area contributed by atoms with Gasteiger partial charge < -0.3 is 4.74 Å². The van der Waals surface area contributed by atoms with Crippen LogP contribution in [0.5, 0.6) is 0 Å². The number of carbonyl (C=O) groups excluding carboxylic acids is 1. The van der Waals surface area contributed by atoms with Gasteiger partial charge in [0.25, 0.3) is 5.69 Å². The molecule has 1 atom stereocenters. The van der Waals surface area contributed by atoms with Crippen molar-refractivity contribution < 1.29 is 14.5 Å². The third-order valence-corrected chi connectivity index (χ3v) is 4.78. The van der Waals surface area contributed by atoms with Gasteiger partial charge in [-0.05, 0) is 40.8 Å². The lowest BCUT2D eigenvalue weighted by atomic mass is 10.1. The highest BCUT2D eigenvalue weighted by atomic mass is 127. The minimum Gasteiger partial charge on any atom is -0.446 e. The molecule has 1 amide bonds. The highest BCUT2D eigenvalue weighted by molar-refractivity contribution is 14.1. The number of rotatable bonds is 3. The van der Waals surface area contributed by atoms with Gasteiger partial charge in [0.2, 0.25) is 18.0 Å². The van der Waals surface area contributed by atoms with Gasteiger partial charge >= 0.3 is 0 Å². The summed E-state index contributed by atoms with van der Waals surface area (Å²) in [4.78, 5) is 22.5. The van der Waals surface area contributed by atoms with Crippen LogP contribution in [0.2, 0.25) is 5.02 Å². The van der Waals surface area contributed by atoms with E-state index in [2.05, 4.69) is 27.7 Å². The topological polar surface area (TPSA) is 85.0 Å². The number of hydrogen-bond donors (Lipinski definition) is 0. The minimum atomic E-state index is -0.889. The average Bonchev–Trinajstić information content (AvgIpc) is 3.01. The summed E-state index contributed by atoms with van der Waals surface area (Å²) < 4.78 is 6.75. The molecule has 2 aromatic rings. The lowest BCUT2D eigenvalue weighted by molar-refractivity contribution is -0.384. The van der Waals surface area contributed by atoms with E-state index in [0.717, 1.165) is 14.1 Å². The van der Waals surface area contributed by atoms with Crippen molar-refractivity contribution in [1.82, 2.24) is 5.01 Å². The lowest BCUT2D eigenvalue weighted by Crippen LogP contribution is -2.25. The van der Waals surface area contributed by atoms with Gasteiger partial charge in [-0.15, -0.1) is 5.10 Å². The summed E-state index contributed by atoms with van der Waals surface area (Å²) in [6.07, 6.45) is -0.889. The Bertz CT molecular complexity index is 903. The molecule has 2 aromatic carbocycles. The van der Waals surface area contributed by atoms with Gasteiger partial charge in [0.1, 0.15) is 5.02 Å². The van der Waals surface area contributed by atoms with Gasteiger partial charge in [-0.3, -0.25) is 14.9 Å². The molecule has 0 aromatic heterocycles. The molecule has 1 heterocycles. The molecule has 1 aliphatic rings. The Morgan fingerprint density at radius 1 is 1.36 bits per heavy atom. The first-order chi connectivity index (χ1) is 11.9. The van der Waals surface area contributed by atoms with Crippen LogP contribution in [0.25, 0.3) is 0 Å². The largest absolute Gasteiger partial charge is 0.446 e. The van der Waals surface area contributed by atoms with Gasteiger partial charge in [-0.25, -0.2) is 0 Å². The highest BCUT2D eigenvalue weighted by Gasteiger charge is 2.34. The summed E-state index contributed by atoms with van der Waals surface area (Å²) in [5.41, 5.74) is 0.894. The molecule has 0 aliphatic carbocycles. The van der Waals surface area contributed by atoms with E-state index >= 15 is 0 Å². The number of nitrogens with zero attached hydrogens (tertiary/aromatic N) is 3. The van der Waals surface area contributed by atoms with Gasteiger partial charge in [0.15, 0.2) is 0 Å². The van der Waals surface area contributed by atoms with E-state index < -0.39 is 11.2 Å². The van der Waals surface area contributed by atoms with Crippen molar-refractivity contribution in [1.29, 1.82) is 0 Å². The van der Waals surface area contributed by atoms with Crippen molar-refractivity contribution in [3.8, 4) is 0 Å². The molecular weight excluding hydrogens is 461 g/mol. The molecule has 0 unspecified atom stereocenters. The normalized spacial score (nSPS) is 16.4. The van der Waals surface area contributed by atoms with Crippen LogP contribution in [0, 0.1) is 13.7 Å². The molecule has 0 saturated carbocycles. The summed E-state index contributed by atoms with van der Waals surface area (Å²) in [6, 6.07) is 11.7. The van der Waals surface area contributed by atoms with Crippen LogP contribution in [0.4, 0.5) is 5.69 Å². The lowest BCUT2D eigenvalue weighted by Gasteiger charge is -2.19. The first-order valence-corrected chi connectivity index (χ1v) is 8.58. The van der Waals surface area contributed by atoms with E-state index in [1.54, 1.807) is 6.07 Å². The molecule has 0 N–H and O–H groups in total. The highest BCUT2D eigenvalue weighted by Crippen LogP contribution is 2.35. The molecule has 7 nitrogen and oxygen atoms in total. The van der Waals surface area contributed by atoms with Crippen LogP contribution in [0.1, 0.15) is 24.3 Å². The van der Waals surface area contributed by atoms with Crippen LogP contribution >= 0.6 is 34.2 Å². The molecule has 0 spiro atoms. The van der Waals surface area contributed by atoms with E-state index in [4.69, 9.17) is 16.3 Å². The number of nitro benzene ring substituents is 1. The number of hydrazone groups is 1. The number of carbonyl (C=O) groups is 1. The van der Waals surface area contributed by atoms with Gasteiger partial charge in [0.05, 0.1) is 10.5 Å². The van der Waals surface area contributed by atoms with Crippen LogP contribution in [0.15, 0.2) is 47.6 Å². The third-order valence-electron chi connectivity index (χ3n) is 3.52. The number of hydrogen-bond acceptors (Lipinski definition) is 5. The molecule has 0 saturated heterocycles. The fraction of sp³-hybridized carbons (Fsp3) is 0.125. The Hall–Kier alpha value is -2.20. The van der Waals surface area contributed by atoms with Gasteiger partial charge in [-0.1, -0.05) is 29.8 Å². The van der Waals surface area contributed by atoms with E-state index in [0.29, 0.717) is 5.56 Å². The number of benzene rings is 2. The molecular formula is C16H11ClIN3O4. The van der Waals surface area contributed by atoms with Crippen molar-refractivity contribution in [2.24, 2.45) is 5.10 Å². The average molecular weight is 472 g/mol. The second-order valence-electron chi connectivity index (χ2n) is 5.19. The molecule has 0 bridgehead atoms. The summed E-state index contributed by atoms with van der Waals surface area (Å²) in [5, 5.41) is 16.5. The third kappa shape index (κ3) is 3.45. The van der Waals surface area contributed by atoms with Crippen molar-refractivity contribution in [3.63, 3.8) is 0 Å². The fourth-order valence-electron chi connectivity index (χ4n) is 2.35. The SMILES string of the molecule is CC(=O)N1N=C(c2ccccc2I)O[C@H]1c1ccc(Cl)c([N+](=O)[O-])c1. The van der Waals surface area contributed by atoms with Gasteiger partial charge in [-0.2, -0.15) is 5.01 Å². The molecule has 9 heteroatoms. The Morgan fingerprint density at radius 3 is 2.72 bits per heavy atom. The zero-order chi connectivity index (χ0) is 18.1. The van der Waals surface area contributed by atoms with Crippen LogP contribution < -0.4 is 0 Å². The van der Waals surface area contributed by atoms with Crippen LogP contribution in [-0.2, 0) is 9.53 Å². The molecule has 0 fully saturated rings. The Kier molecular flexibility index (Phi) is 4.91. The Balaban J connectivity index is 2.01. The Morgan fingerprint density at radius 2 is 2.08 bits per heavy atom. The van der Waals surface area contributed by atoms with E-state index in [1.807, 2.05) is 24.3 Å². The van der Waals surface area contributed by atoms with Crippen molar-refractivity contribution in [2.45, 2.75) is 13.2 Å². The molecule has 3 rings (SSSR count). The summed E-state index contributed by atoms with van der Waals surface area (Å²) >= 11 is 7.99. The number of ether oxygens (including phenoxy) is 1. The zero-order valence-corrected chi connectivity index (χ0v) is 15.8.